The summed E-state index contributed by atoms with van der Waals surface area (Å²) < 4.78 is 5.38. The quantitative estimate of drug-likeness (QED) is 0.520. The minimum atomic E-state index is 0.00105. The van der Waals surface area contributed by atoms with Gasteiger partial charge in [-0.25, -0.2) is 9.97 Å². The number of carbonyl (C=O) groups excluding carboxylic acids is 1. The summed E-state index contributed by atoms with van der Waals surface area (Å²) in [6.45, 7) is 4.32. The minimum absolute atomic E-state index is 0.00105. The number of benzene rings is 2. The normalized spacial score (nSPS) is 12.2. The molecule has 1 amide bonds. The van der Waals surface area contributed by atoms with Crippen molar-refractivity contribution in [1.82, 2.24) is 9.97 Å². The fourth-order valence-corrected chi connectivity index (χ4v) is 4.20. The maximum absolute atomic E-state index is 12.7. The van der Waals surface area contributed by atoms with Crippen molar-refractivity contribution in [3.8, 4) is 17.0 Å². The van der Waals surface area contributed by atoms with E-state index in [0.29, 0.717) is 18.2 Å². The molecule has 4 rings (SSSR count). The van der Waals surface area contributed by atoms with Crippen LogP contribution >= 0.6 is 0 Å². The summed E-state index contributed by atoms with van der Waals surface area (Å²) in [5, 5.41) is 3.06. The van der Waals surface area contributed by atoms with Crippen molar-refractivity contribution in [2.24, 2.45) is 5.92 Å². The summed E-state index contributed by atoms with van der Waals surface area (Å²) in [7, 11) is 1.69. The highest BCUT2D eigenvalue weighted by atomic mass is 16.5. The number of rotatable bonds is 8. The molecule has 166 valence electrons. The summed E-state index contributed by atoms with van der Waals surface area (Å²) in [5.74, 6) is 1.90. The van der Waals surface area contributed by atoms with Gasteiger partial charge in [-0.15, -0.1) is 0 Å². The van der Waals surface area contributed by atoms with Crippen LogP contribution in [0, 0.1) is 5.92 Å². The number of aromatic nitrogens is 2. The van der Waals surface area contributed by atoms with Crippen LogP contribution in [0.5, 0.6) is 5.75 Å². The van der Waals surface area contributed by atoms with Crippen LogP contribution in [-0.4, -0.2) is 23.0 Å². The van der Waals surface area contributed by atoms with E-state index in [0.717, 1.165) is 60.5 Å². The van der Waals surface area contributed by atoms with Gasteiger partial charge in [-0.2, -0.15) is 0 Å². The minimum Gasteiger partial charge on any atom is -0.497 e. The highest BCUT2D eigenvalue weighted by Gasteiger charge is 2.23. The Morgan fingerprint density at radius 2 is 1.91 bits per heavy atom. The number of ether oxygens (including phenoxy) is 1. The van der Waals surface area contributed by atoms with Gasteiger partial charge in [0.05, 0.1) is 24.2 Å². The number of hydrogen-bond acceptors (Lipinski definition) is 4. The molecule has 1 N–H and O–H groups in total. The van der Waals surface area contributed by atoms with Crippen molar-refractivity contribution in [2.45, 2.75) is 52.4 Å². The number of anilines is 1. The van der Waals surface area contributed by atoms with Crippen molar-refractivity contribution in [3.05, 3.63) is 71.0 Å². The molecule has 0 radical (unpaired) electrons. The Labute approximate surface area is 190 Å². The molecular formula is C27H31N3O2. The van der Waals surface area contributed by atoms with Crippen LogP contribution in [-0.2, 0) is 30.5 Å². The number of hydrogen-bond donors (Lipinski definition) is 1. The number of methoxy groups -OCH3 is 1. The summed E-state index contributed by atoms with van der Waals surface area (Å²) in [5.41, 5.74) is 6.36. The van der Waals surface area contributed by atoms with Gasteiger partial charge >= 0.3 is 0 Å². The Bertz CT molecular complexity index is 1090. The van der Waals surface area contributed by atoms with Gasteiger partial charge in [0.25, 0.3) is 0 Å². The molecule has 1 aliphatic carbocycles. The molecule has 3 aromatic rings. The number of nitrogens with zero attached hydrogens (tertiary/aromatic N) is 2. The van der Waals surface area contributed by atoms with Crippen molar-refractivity contribution in [3.63, 3.8) is 0 Å². The Hall–Kier alpha value is -3.21. The first-order valence-corrected chi connectivity index (χ1v) is 11.4. The molecule has 0 saturated heterocycles. The average Bonchev–Trinajstić information content (AvgIpc) is 2.79. The fraction of sp³-hybridized carbons (Fsp3) is 0.370. The number of aryl methyl sites for hydroxylation is 3. The molecule has 0 fully saturated rings. The lowest BCUT2D eigenvalue weighted by Crippen LogP contribution is -2.19. The number of amides is 1. The van der Waals surface area contributed by atoms with Gasteiger partial charge in [-0.1, -0.05) is 44.2 Å². The van der Waals surface area contributed by atoms with E-state index < -0.39 is 0 Å². The first-order chi connectivity index (χ1) is 15.5. The van der Waals surface area contributed by atoms with Crippen molar-refractivity contribution < 1.29 is 9.53 Å². The van der Waals surface area contributed by atoms with Crippen LogP contribution in [0.15, 0.2) is 48.5 Å². The molecule has 1 heterocycles. The van der Waals surface area contributed by atoms with Gasteiger partial charge in [-0.05, 0) is 67.3 Å². The summed E-state index contributed by atoms with van der Waals surface area (Å²) in [6, 6.07) is 16.4. The smallest absolute Gasteiger partial charge is 0.225 e. The van der Waals surface area contributed by atoms with E-state index in [2.05, 4.69) is 43.4 Å². The molecule has 1 aromatic heterocycles. The van der Waals surface area contributed by atoms with Gasteiger partial charge in [0.15, 0.2) is 5.82 Å². The summed E-state index contributed by atoms with van der Waals surface area (Å²) in [6.07, 6.45) is 4.64. The third-order valence-electron chi connectivity index (χ3n) is 5.81. The Kier molecular flexibility index (Phi) is 6.84. The van der Waals surface area contributed by atoms with Crippen molar-refractivity contribution >= 4 is 11.7 Å². The molecule has 0 unspecified atom stereocenters. The molecule has 5 nitrogen and oxygen atoms in total. The molecule has 0 bridgehead atoms. The first kappa shape index (κ1) is 22.0. The number of carbonyl (C=O) groups is 1. The predicted octanol–water partition coefficient (Wildman–Crippen LogP) is 5.41. The molecule has 5 heteroatoms. The van der Waals surface area contributed by atoms with Gasteiger partial charge in [-0.3, -0.25) is 4.79 Å². The zero-order valence-electron chi connectivity index (χ0n) is 19.1. The van der Waals surface area contributed by atoms with Crippen LogP contribution < -0.4 is 10.1 Å². The van der Waals surface area contributed by atoms with Crippen LogP contribution in [0.3, 0.4) is 0 Å². The second kappa shape index (κ2) is 9.94. The SMILES string of the molecule is COc1ccc2c(c1)CCc1nc(NC(=O)CCCc3ccccc3)c(CC(C)C)nc1-2. The van der Waals surface area contributed by atoms with Crippen molar-refractivity contribution in [2.75, 3.05) is 12.4 Å². The predicted molar refractivity (Wildman–Crippen MR) is 128 cm³/mol. The van der Waals surface area contributed by atoms with Gasteiger partial charge in [0, 0.05) is 12.0 Å². The maximum Gasteiger partial charge on any atom is 0.225 e. The van der Waals surface area contributed by atoms with Crippen LogP contribution in [0.1, 0.15) is 49.2 Å². The second-order valence-corrected chi connectivity index (χ2v) is 8.82. The first-order valence-electron chi connectivity index (χ1n) is 11.4. The molecule has 32 heavy (non-hydrogen) atoms. The Balaban J connectivity index is 1.53. The molecule has 1 aliphatic rings. The van der Waals surface area contributed by atoms with Crippen molar-refractivity contribution in [1.29, 1.82) is 0 Å². The monoisotopic (exact) mass is 429 g/mol. The molecule has 0 spiro atoms. The number of fused-ring (bicyclic) bond motifs is 3. The summed E-state index contributed by atoms with van der Waals surface area (Å²) >= 11 is 0. The zero-order chi connectivity index (χ0) is 22.5. The molecule has 0 atom stereocenters. The highest BCUT2D eigenvalue weighted by Crippen LogP contribution is 2.35. The lowest BCUT2D eigenvalue weighted by molar-refractivity contribution is -0.116. The molecule has 2 aromatic carbocycles. The van der Waals surface area contributed by atoms with E-state index in [4.69, 9.17) is 14.7 Å². The number of nitrogens with one attached hydrogen (secondary N) is 1. The van der Waals surface area contributed by atoms with E-state index >= 15 is 0 Å². The van der Waals surface area contributed by atoms with Gasteiger partial charge < -0.3 is 10.1 Å². The highest BCUT2D eigenvalue weighted by molar-refractivity contribution is 5.90. The lowest BCUT2D eigenvalue weighted by atomic mass is 9.91. The van der Waals surface area contributed by atoms with Crippen LogP contribution in [0.25, 0.3) is 11.3 Å². The third kappa shape index (κ3) is 5.16. The largest absolute Gasteiger partial charge is 0.497 e. The Morgan fingerprint density at radius 1 is 1.09 bits per heavy atom. The van der Waals surface area contributed by atoms with Crippen LogP contribution in [0.4, 0.5) is 5.82 Å². The third-order valence-corrected chi connectivity index (χ3v) is 5.81. The molecular weight excluding hydrogens is 398 g/mol. The topological polar surface area (TPSA) is 64.1 Å². The fourth-order valence-electron chi connectivity index (χ4n) is 4.20. The molecule has 0 aliphatic heterocycles. The molecule has 0 saturated carbocycles. The van der Waals surface area contributed by atoms with Gasteiger partial charge in [0.1, 0.15) is 5.75 Å². The lowest BCUT2D eigenvalue weighted by Gasteiger charge is -2.22. The van der Waals surface area contributed by atoms with Crippen LogP contribution in [0.2, 0.25) is 0 Å². The average molecular weight is 430 g/mol. The van der Waals surface area contributed by atoms with E-state index in [9.17, 15) is 4.79 Å². The van der Waals surface area contributed by atoms with E-state index in [1.54, 1.807) is 7.11 Å². The van der Waals surface area contributed by atoms with E-state index in [1.807, 2.05) is 24.3 Å². The summed E-state index contributed by atoms with van der Waals surface area (Å²) in [4.78, 5) is 22.6. The second-order valence-electron chi connectivity index (χ2n) is 8.82. The standard InChI is InChI=1S/C27H31N3O2/c1-18(2)16-24-27(30-25(31)11-7-10-19-8-5-4-6-9-19)29-23-15-12-20-17-21(32-3)13-14-22(20)26(23)28-24/h4-6,8-9,13-14,17-18H,7,10-12,15-16H2,1-3H3,(H,29,30,31). The Morgan fingerprint density at radius 3 is 2.66 bits per heavy atom. The van der Waals surface area contributed by atoms with Gasteiger partial charge in [0.2, 0.25) is 5.91 Å². The maximum atomic E-state index is 12.7. The zero-order valence-corrected chi connectivity index (χ0v) is 19.1. The van der Waals surface area contributed by atoms with E-state index in [1.165, 1.54) is 11.1 Å². The van der Waals surface area contributed by atoms with E-state index in [-0.39, 0.29) is 5.91 Å².